The molecule has 0 aromatic heterocycles. The number of hydrogen-bond acceptors (Lipinski definition) is 4. The summed E-state index contributed by atoms with van der Waals surface area (Å²) < 4.78 is 16.5. The fourth-order valence-corrected chi connectivity index (χ4v) is 2.00. The van der Waals surface area contributed by atoms with Crippen LogP contribution in [0.25, 0.3) is 0 Å². The number of rotatable bonds is 5. The lowest BCUT2D eigenvalue weighted by Gasteiger charge is -2.23. The van der Waals surface area contributed by atoms with E-state index in [-0.39, 0.29) is 6.10 Å². The van der Waals surface area contributed by atoms with Crippen LogP contribution in [0.5, 0.6) is 11.5 Å². The third-order valence-electron chi connectivity index (χ3n) is 3.02. The van der Waals surface area contributed by atoms with Gasteiger partial charge < -0.3 is 14.2 Å². The van der Waals surface area contributed by atoms with Gasteiger partial charge in [-0.3, -0.25) is 4.79 Å². The standard InChI is InChI=1S/C14H18O4/c1-16-13-6-5-11(9-15)8-14(13)18-10-12-4-2-3-7-17-12/h5-6,8-9,12H,2-4,7,10H2,1H3. The molecule has 0 amide bonds. The monoisotopic (exact) mass is 250 g/mol. The number of carbonyl (C=O) groups excluding carboxylic acids is 1. The molecule has 1 aliphatic rings. The molecule has 98 valence electrons. The maximum atomic E-state index is 10.7. The molecule has 1 unspecified atom stereocenters. The summed E-state index contributed by atoms with van der Waals surface area (Å²) in [7, 11) is 1.58. The Balaban J connectivity index is 1.99. The number of methoxy groups -OCH3 is 1. The van der Waals surface area contributed by atoms with Crippen molar-refractivity contribution in [3.05, 3.63) is 23.8 Å². The van der Waals surface area contributed by atoms with Gasteiger partial charge >= 0.3 is 0 Å². The second kappa shape index (κ2) is 6.40. The maximum absolute atomic E-state index is 10.7. The molecule has 2 rings (SSSR count). The molecule has 1 atom stereocenters. The normalized spacial score (nSPS) is 19.3. The van der Waals surface area contributed by atoms with Crippen LogP contribution in [-0.2, 0) is 4.74 Å². The SMILES string of the molecule is COc1ccc(C=O)cc1OCC1CCCCO1. The second-order valence-electron chi connectivity index (χ2n) is 4.33. The van der Waals surface area contributed by atoms with Gasteiger partial charge in [0.2, 0.25) is 0 Å². The van der Waals surface area contributed by atoms with Crippen molar-refractivity contribution in [2.45, 2.75) is 25.4 Å². The number of hydrogen-bond donors (Lipinski definition) is 0. The molecule has 0 aliphatic carbocycles. The summed E-state index contributed by atoms with van der Waals surface area (Å²) in [6.07, 6.45) is 4.27. The van der Waals surface area contributed by atoms with Crippen LogP contribution in [0.15, 0.2) is 18.2 Å². The van der Waals surface area contributed by atoms with E-state index < -0.39 is 0 Å². The summed E-state index contributed by atoms with van der Waals surface area (Å²) in [6, 6.07) is 5.13. The van der Waals surface area contributed by atoms with Crippen LogP contribution in [0.4, 0.5) is 0 Å². The molecule has 1 heterocycles. The number of benzene rings is 1. The van der Waals surface area contributed by atoms with Crippen molar-refractivity contribution in [1.82, 2.24) is 0 Å². The summed E-state index contributed by atoms with van der Waals surface area (Å²) >= 11 is 0. The first kappa shape index (κ1) is 12.9. The number of aldehydes is 1. The van der Waals surface area contributed by atoms with E-state index in [2.05, 4.69) is 0 Å². The van der Waals surface area contributed by atoms with Gasteiger partial charge in [-0.25, -0.2) is 0 Å². The molecule has 0 N–H and O–H groups in total. The van der Waals surface area contributed by atoms with Crippen LogP contribution < -0.4 is 9.47 Å². The highest BCUT2D eigenvalue weighted by atomic mass is 16.5. The highest BCUT2D eigenvalue weighted by Crippen LogP contribution is 2.28. The first-order valence-corrected chi connectivity index (χ1v) is 6.21. The van der Waals surface area contributed by atoms with E-state index in [4.69, 9.17) is 14.2 Å². The van der Waals surface area contributed by atoms with Gasteiger partial charge in [0.1, 0.15) is 12.9 Å². The van der Waals surface area contributed by atoms with Crippen molar-refractivity contribution >= 4 is 6.29 Å². The average molecular weight is 250 g/mol. The van der Waals surface area contributed by atoms with E-state index in [0.717, 1.165) is 25.7 Å². The number of ether oxygens (including phenoxy) is 3. The molecule has 0 radical (unpaired) electrons. The lowest BCUT2D eigenvalue weighted by atomic mass is 10.1. The largest absolute Gasteiger partial charge is 0.493 e. The van der Waals surface area contributed by atoms with Crippen LogP contribution in [-0.4, -0.2) is 32.7 Å². The molecular formula is C14H18O4. The Kier molecular flexibility index (Phi) is 4.59. The molecule has 1 fully saturated rings. The predicted molar refractivity (Wildman–Crippen MR) is 67.5 cm³/mol. The van der Waals surface area contributed by atoms with E-state index >= 15 is 0 Å². The van der Waals surface area contributed by atoms with E-state index in [1.54, 1.807) is 25.3 Å². The molecule has 0 bridgehead atoms. The maximum Gasteiger partial charge on any atom is 0.162 e. The zero-order valence-corrected chi connectivity index (χ0v) is 10.6. The van der Waals surface area contributed by atoms with Crippen molar-refractivity contribution in [3.63, 3.8) is 0 Å². The number of carbonyl (C=O) groups is 1. The first-order valence-electron chi connectivity index (χ1n) is 6.21. The lowest BCUT2D eigenvalue weighted by molar-refractivity contribution is -0.0114. The molecule has 0 spiro atoms. The van der Waals surface area contributed by atoms with Gasteiger partial charge in [0.15, 0.2) is 11.5 Å². The van der Waals surface area contributed by atoms with Gasteiger partial charge in [-0.05, 0) is 37.5 Å². The summed E-state index contributed by atoms with van der Waals surface area (Å²) in [4.78, 5) is 10.7. The fraction of sp³-hybridized carbons (Fsp3) is 0.500. The second-order valence-corrected chi connectivity index (χ2v) is 4.33. The van der Waals surface area contributed by atoms with E-state index in [9.17, 15) is 4.79 Å². The lowest BCUT2D eigenvalue weighted by Crippen LogP contribution is -2.25. The van der Waals surface area contributed by atoms with Crippen LogP contribution in [0.1, 0.15) is 29.6 Å². The van der Waals surface area contributed by atoms with Crippen molar-refractivity contribution in [2.75, 3.05) is 20.3 Å². The first-order chi connectivity index (χ1) is 8.83. The molecule has 1 aromatic rings. The van der Waals surface area contributed by atoms with Gasteiger partial charge in [-0.1, -0.05) is 0 Å². The Morgan fingerprint density at radius 3 is 2.94 bits per heavy atom. The fourth-order valence-electron chi connectivity index (χ4n) is 2.00. The van der Waals surface area contributed by atoms with Crippen molar-refractivity contribution in [1.29, 1.82) is 0 Å². The molecule has 4 nitrogen and oxygen atoms in total. The summed E-state index contributed by atoms with van der Waals surface area (Å²) in [5.74, 6) is 1.23. The Morgan fingerprint density at radius 2 is 2.28 bits per heavy atom. The molecule has 1 saturated heterocycles. The third kappa shape index (κ3) is 3.23. The van der Waals surface area contributed by atoms with Crippen LogP contribution in [0.3, 0.4) is 0 Å². The molecule has 1 aliphatic heterocycles. The van der Waals surface area contributed by atoms with Crippen LogP contribution >= 0.6 is 0 Å². The predicted octanol–water partition coefficient (Wildman–Crippen LogP) is 2.46. The van der Waals surface area contributed by atoms with E-state index in [1.807, 2.05) is 0 Å². The summed E-state index contributed by atoms with van der Waals surface area (Å²) in [6.45, 7) is 1.30. The third-order valence-corrected chi connectivity index (χ3v) is 3.02. The highest BCUT2D eigenvalue weighted by Gasteiger charge is 2.15. The van der Waals surface area contributed by atoms with Crippen LogP contribution in [0, 0.1) is 0 Å². The van der Waals surface area contributed by atoms with Gasteiger partial charge in [0.05, 0.1) is 13.2 Å². The Bertz CT molecular complexity index is 397. The Hall–Kier alpha value is -1.55. The topological polar surface area (TPSA) is 44.8 Å². The van der Waals surface area contributed by atoms with Gasteiger partial charge in [0, 0.05) is 12.2 Å². The molecule has 18 heavy (non-hydrogen) atoms. The van der Waals surface area contributed by atoms with Gasteiger partial charge in [0.25, 0.3) is 0 Å². The molecule has 1 aromatic carbocycles. The molecule has 0 saturated carbocycles. The zero-order valence-electron chi connectivity index (χ0n) is 10.6. The minimum atomic E-state index is 0.142. The van der Waals surface area contributed by atoms with Crippen LogP contribution in [0.2, 0.25) is 0 Å². The molecular weight excluding hydrogens is 232 g/mol. The molecule has 4 heteroatoms. The highest BCUT2D eigenvalue weighted by molar-refractivity contribution is 5.76. The minimum absolute atomic E-state index is 0.142. The van der Waals surface area contributed by atoms with E-state index in [1.165, 1.54) is 6.42 Å². The van der Waals surface area contributed by atoms with Crippen molar-refractivity contribution in [3.8, 4) is 11.5 Å². The van der Waals surface area contributed by atoms with Crippen molar-refractivity contribution in [2.24, 2.45) is 0 Å². The van der Waals surface area contributed by atoms with E-state index in [0.29, 0.717) is 23.7 Å². The minimum Gasteiger partial charge on any atom is -0.493 e. The zero-order chi connectivity index (χ0) is 12.8. The average Bonchev–Trinajstić information content (AvgIpc) is 2.45. The smallest absolute Gasteiger partial charge is 0.162 e. The van der Waals surface area contributed by atoms with Gasteiger partial charge in [-0.15, -0.1) is 0 Å². The van der Waals surface area contributed by atoms with Gasteiger partial charge in [-0.2, -0.15) is 0 Å². The Morgan fingerprint density at radius 1 is 1.39 bits per heavy atom. The quantitative estimate of drug-likeness (QED) is 0.753. The summed E-state index contributed by atoms with van der Waals surface area (Å²) in [5.41, 5.74) is 0.579. The van der Waals surface area contributed by atoms with Crippen molar-refractivity contribution < 1.29 is 19.0 Å². The Labute approximate surface area is 107 Å². The summed E-state index contributed by atoms with van der Waals surface area (Å²) in [5, 5.41) is 0.